The fourth-order valence-electron chi connectivity index (χ4n) is 1.96. The van der Waals surface area contributed by atoms with E-state index >= 15 is 0 Å². The molecule has 6 heteroatoms. The first-order chi connectivity index (χ1) is 9.58. The van der Waals surface area contributed by atoms with Crippen LogP contribution >= 0.6 is 11.6 Å². The monoisotopic (exact) mass is 298 g/mol. The molecule has 0 radical (unpaired) electrons. The van der Waals surface area contributed by atoms with E-state index in [1.165, 1.54) is 19.0 Å². The van der Waals surface area contributed by atoms with Crippen LogP contribution < -0.4 is 5.32 Å². The Labute approximate surface area is 123 Å². The number of halogens is 1. The molecule has 2 aliphatic carbocycles. The van der Waals surface area contributed by atoms with E-state index in [9.17, 15) is 9.59 Å². The van der Waals surface area contributed by atoms with Crippen LogP contribution in [0.4, 0.5) is 5.69 Å². The van der Waals surface area contributed by atoms with E-state index in [4.69, 9.17) is 16.1 Å². The predicted molar refractivity (Wildman–Crippen MR) is 75.4 cm³/mol. The molecule has 0 bridgehead atoms. The summed E-state index contributed by atoms with van der Waals surface area (Å²) in [7, 11) is 0. The molecular formula is C14H19ClN2O3. The molecule has 20 heavy (non-hydrogen) atoms. The van der Waals surface area contributed by atoms with Gasteiger partial charge in [0.1, 0.15) is 5.69 Å². The predicted octanol–water partition coefficient (Wildman–Crippen LogP) is 3.27. The smallest absolute Gasteiger partial charge is 0.227 e. The summed E-state index contributed by atoms with van der Waals surface area (Å²) in [5.74, 6) is 1.17. The number of aryl methyl sites for hydroxylation is 1. The zero-order valence-electron chi connectivity index (χ0n) is 11.5. The summed E-state index contributed by atoms with van der Waals surface area (Å²) in [6.45, 7) is 1.78. The van der Waals surface area contributed by atoms with Crippen molar-refractivity contribution >= 4 is 28.4 Å². The molecule has 1 heterocycles. The average Bonchev–Trinajstić information content (AvgIpc) is 2.59. The molecule has 5 nitrogen and oxygen atoms in total. The maximum Gasteiger partial charge on any atom is 0.227 e. The van der Waals surface area contributed by atoms with Crippen molar-refractivity contribution in [3.8, 4) is 0 Å². The van der Waals surface area contributed by atoms with Crippen molar-refractivity contribution in [1.82, 2.24) is 5.16 Å². The Bertz CT molecular complexity index is 479. The summed E-state index contributed by atoms with van der Waals surface area (Å²) >= 11 is 5.14. The van der Waals surface area contributed by atoms with Gasteiger partial charge < -0.3 is 9.84 Å². The quantitative estimate of drug-likeness (QED) is 0.869. The number of hydrogen-bond acceptors (Lipinski definition) is 4. The standard InChI is InChI=1S/C9H12N2O2.C5H7ClO/c1-6-8(5-10-13-6)11-9(12)7-3-2-4-7;6-5(7)4-2-1-3-4/h5,7H,2-4H2,1H3,(H,11,12);4H,1-3H2. The van der Waals surface area contributed by atoms with E-state index in [0.717, 1.165) is 25.7 Å². The molecule has 110 valence electrons. The molecule has 0 aromatic carbocycles. The summed E-state index contributed by atoms with van der Waals surface area (Å²) in [5.41, 5.74) is 0.692. The number of rotatable bonds is 3. The van der Waals surface area contributed by atoms with E-state index in [0.29, 0.717) is 11.4 Å². The Morgan fingerprint density at radius 1 is 1.25 bits per heavy atom. The molecule has 1 aromatic heterocycles. The highest BCUT2D eigenvalue weighted by Crippen LogP contribution is 2.28. The Morgan fingerprint density at radius 2 is 1.85 bits per heavy atom. The number of nitrogens with zero attached hydrogens (tertiary/aromatic N) is 1. The fourth-order valence-corrected chi connectivity index (χ4v) is 2.18. The van der Waals surface area contributed by atoms with Crippen LogP contribution in [0.25, 0.3) is 0 Å². The highest BCUT2D eigenvalue weighted by Gasteiger charge is 2.25. The second kappa shape index (κ2) is 6.88. The summed E-state index contributed by atoms with van der Waals surface area (Å²) < 4.78 is 4.83. The van der Waals surface area contributed by atoms with Gasteiger partial charge in [-0.25, -0.2) is 0 Å². The molecule has 0 saturated heterocycles. The maximum atomic E-state index is 11.5. The van der Waals surface area contributed by atoms with Crippen molar-refractivity contribution in [3.63, 3.8) is 0 Å². The summed E-state index contributed by atoms with van der Waals surface area (Å²) in [6.07, 6.45) is 7.94. The molecular weight excluding hydrogens is 280 g/mol. The van der Waals surface area contributed by atoms with Crippen molar-refractivity contribution in [2.24, 2.45) is 11.8 Å². The Kier molecular flexibility index (Phi) is 5.17. The van der Waals surface area contributed by atoms with Gasteiger partial charge in [-0.15, -0.1) is 0 Å². The van der Waals surface area contributed by atoms with E-state index in [-0.39, 0.29) is 23.0 Å². The molecule has 2 saturated carbocycles. The molecule has 0 aliphatic heterocycles. The molecule has 1 amide bonds. The van der Waals surface area contributed by atoms with E-state index in [2.05, 4.69) is 10.5 Å². The molecule has 3 rings (SSSR count). The van der Waals surface area contributed by atoms with Gasteiger partial charge in [-0.2, -0.15) is 0 Å². The van der Waals surface area contributed by atoms with Crippen LogP contribution in [0.3, 0.4) is 0 Å². The van der Waals surface area contributed by atoms with Gasteiger partial charge in [-0.3, -0.25) is 9.59 Å². The molecule has 1 N–H and O–H groups in total. The van der Waals surface area contributed by atoms with Crippen molar-refractivity contribution in [2.45, 2.75) is 45.4 Å². The lowest BCUT2D eigenvalue weighted by Crippen LogP contribution is -2.28. The van der Waals surface area contributed by atoms with Crippen LogP contribution in [0.1, 0.15) is 44.3 Å². The van der Waals surface area contributed by atoms with Gasteiger partial charge >= 0.3 is 0 Å². The first-order valence-electron chi connectivity index (χ1n) is 6.99. The SMILES string of the molecule is Cc1oncc1NC(=O)C1CCC1.O=C(Cl)C1CCC1. The minimum Gasteiger partial charge on any atom is -0.359 e. The van der Waals surface area contributed by atoms with Crippen LogP contribution in [0, 0.1) is 18.8 Å². The second-order valence-corrected chi connectivity index (χ2v) is 5.72. The van der Waals surface area contributed by atoms with Crippen molar-refractivity contribution in [3.05, 3.63) is 12.0 Å². The Morgan fingerprint density at radius 3 is 2.15 bits per heavy atom. The average molecular weight is 299 g/mol. The molecule has 2 fully saturated rings. The number of hydrogen-bond donors (Lipinski definition) is 1. The molecule has 0 spiro atoms. The topological polar surface area (TPSA) is 72.2 Å². The maximum absolute atomic E-state index is 11.5. The fraction of sp³-hybridized carbons (Fsp3) is 0.643. The normalized spacial score (nSPS) is 18.3. The first kappa shape index (κ1) is 15.0. The summed E-state index contributed by atoms with van der Waals surface area (Å²) in [5, 5.41) is 6.24. The van der Waals surface area contributed by atoms with Gasteiger partial charge in [0.2, 0.25) is 11.1 Å². The van der Waals surface area contributed by atoms with Crippen molar-refractivity contribution in [1.29, 1.82) is 0 Å². The van der Waals surface area contributed by atoms with Crippen LogP contribution in [0.2, 0.25) is 0 Å². The van der Waals surface area contributed by atoms with Gasteiger partial charge in [-0.1, -0.05) is 18.0 Å². The third kappa shape index (κ3) is 3.82. The highest BCUT2D eigenvalue weighted by molar-refractivity contribution is 6.64. The number of carbonyl (C=O) groups is 2. The van der Waals surface area contributed by atoms with E-state index < -0.39 is 0 Å². The van der Waals surface area contributed by atoms with Gasteiger partial charge in [0, 0.05) is 11.8 Å². The number of aromatic nitrogens is 1. The molecule has 1 aromatic rings. The van der Waals surface area contributed by atoms with Crippen LogP contribution in [0.15, 0.2) is 10.7 Å². The lowest BCUT2D eigenvalue weighted by Gasteiger charge is -2.23. The second-order valence-electron chi connectivity index (χ2n) is 5.34. The van der Waals surface area contributed by atoms with Crippen molar-refractivity contribution < 1.29 is 14.1 Å². The zero-order chi connectivity index (χ0) is 14.5. The molecule has 0 atom stereocenters. The largest absolute Gasteiger partial charge is 0.359 e. The number of amides is 1. The number of carbonyl (C=O) groups excluding carboxylic acids is 2. The van der Waals surface area contributed by atoms with E-state index in [1.54, 1.807) is 6.92 Å². The number of nitrogens with one attached hydrogen (secondary N) is 1. The molecule has 2 aliphatic rings. The third-order valence-electron chi connectivity index (χ3n) is 3.91. The van der Waals surface area contributed by atoms with Gasteiger partial charge in [0.25, 0.3) is 0 Å². The Balaban J connectivity index is 0.000000178. The van der Waals surface area contributed by atoms with Crippen LogP contribution in [-0.2, 0) is 9.59 Å². The van der Waals surface area contributed by atoms with Gasteiger partial charge in [0.05, 0.1) is 6.20 Å². The first-order valence-corrected chi connectivity index (χ1v) is 7.37. The third-order valence-corrected chi connectivity index (χ3v) is 4.22. The minimum atomic E-state index is -0.147. The van der Waals surface area contributed by atoms with Crippen molar-refractivity contribution in [2.75, 3.05) is 5.32 Å². The Hall–Kier alpha value is -1.36. The summed E-state index contributed by atoms with van der Waals surface area (Å²) in [4.78, 5) is 21.7. The lowest BCUT2D eigenvalue weighted by atomic mass is 9.85. The van der Waals surface area contributed by atoms with Crippen LogP contribution in [0.5, 0.6) is 0 Å². The molecule has 0 unspecified atom stereocenters. The van der Waals surface area contributed by atoms with Gasteiger partial charge in [0.15, 0.2) is 5.76 Å². The van der Waals surface area contributed by atoms with E-state index in [1.807, 2.05) is 0 Å². The van der Waals surface area contributed by atoms with Gasteiger partial charge in [-0.05, 0) is 44.2 Å². The zero-order valence-corrected chi connectivity index (χ0v) is 12.3. The number of anilines is 1. The highest BCUT2D eigenvalue weighted by atomic mass is 35.5. The summed E-state index contributed by atoms with van der Waals surface area (Å²) in [6, 6.07) is 0. The minimum absolute atomic E-state index is 0.0950. The lowest BCUT2D eigenvalue weighted by molar-refractivity contribution is -0.122. The van der Waals surface area contributed by atoms with Crippen LogP contribution in [-0.4, -0.2) is 16.3 Å².